The Hall–Kier alpha value is -0.580. The van der Waals surface area contributed by atoms with Gasteiger partial charge in [0.25, 0.3) is 0 Å². The van der Waals surface area contributed by atoms with Crippen molar-refractivity contribution in [1.82, 2.24) is 14.5 Å². The fraction of sp³-hybridized carbons (Fsp3) is 0.533. The molecule has 20 heavy (non-hydrogen) atoms. The number of imidazole rings is 1. The van der Waals surface area contributed by atoms with Gasteiger partial charge in [0.05, 0.1) is 16.9 Å². The molecule has 0 saturated heterocycles. The first-order valence-corrected chi connectivity index (χ1v) is 8.35. The van der Waals surface area contributed by atoms with Crippen LogP contribution in [0.5, 0.6) is 0 Å². The topological polar surface area (TPSA) is 21.1 Å². The highest BCUT2D eigenvalue weighted by Crippen LogP contribution is 2.28. The van der Waals surface area contributed by atoms with Crippen molar-refractivity contribution in [2.45, 2.75) is 44.3 Å². The van der Waals surface area contributed by atoms with Crippen molar-refractivity contribution in [1.29, 1.82) is 0 Å². The first-order valence-electron chi connectivity index (χ1n) is 7.02. The fourth-order valence-electron chi connectivity index (χ4n) is 2.69. The summed E-state index contributed by atoms with van der Waals surface area (Å²) in [7, 11) is 2.22. The van der Waals surface area contributed by atoms with Gasteiger partial charge < -0.3 is 4.57 Å². The third kappa shape index (κ3) is 2.74. The van der Waals surface area contributed by atoms with Crippen molar-refractivity contribution in [3.05, 3.63) is 28.5 Å². The van der Waals surface area contributed by atoms with Gasteiger partial charge in [0.2, 0.25) is 0 Å². The predicted octanol–water partition coefficient (Wildman–Crippen LogP) is 4.02. The third-order valence-corrected chi connectivity index (χ3v) is 4.91. The average Bonchev–Trinajstić information content (AvgIpc) is 3.22. The molecule has 1 aliphatic carbocycles. The molecule has 1 fully saturated rings. The minimum atomic E-state index is 0.451. The van der Waals surface area contributed by atoms with E-state index in [1.807, 2.05) is 0 Å². The number of alkyl halides is 1. The lowest BCUT2D eigenvalue weighted by Gasteiger charge is -2.25. The van der Waals surface area contributed by atoms with Crippen LogP contribution in [0.4, 0.5) is 0 Å². The van der Waals surface area contributed by atoms with Crippen LogP contribution >= 0.6 is 27.5 Å². The van der Waals surface area contributed by atoms with E-state index in [0.29, 0.717) is 11.9 Å². The first kappa shape index (κ1) is 14.4. The lowest BCUT2D eigenvalue weighted by atomic mass is 10.2. The lowest BCUT2D eigenvalue weighted by Crippen LogP contribution is -2.34. The van der Waals surface area contributed by atoms with E-state index < -0.39 is 0 Å². The van der Waals surface area contributed by atoms with Gasteiger partial charge in [0.15, 0.2) is 0 Å². The summed E-state index contributed by atoms with van der Waals surface area (Å²) in [5.41, 5.74) is 2.18. The lowest BCUT2D eigenvalue weighted by molar-refractivity contribution is 0.226. The van der Waals surface area contributed by atoms with Gasteiger partial charge in [-0.2, -0.15) is 0 Å². The standard InChI is InChI=1S/C15H19BrClN3/c1-10(19(2)12-4-5-12)9-20-14-6-3-11(16)7-13(14)18-15(20)8-17/h3,6-7,10,12H,4-5,8-9H2,1-2H3. The molecule has 0 N–H and O–H groups in total. The SMILES string of the molecule is CC(Cn1c(CCl)nc2cc(Br)ccc21)N(C)C1CC1. The summed E-state index contributed by atoms with van der Waals surface area (Å²) in [4.78, 5) is 7.12. The summed E-state index contributed by atoms with van der Waals surface area (Å²) in [6, 6.07) is 7.50. The predicted molar refractivity (Wildman–Crippen MR) is 87.2 cm³/mol. The second-order valence-corrected chi connectivity index (χ2v) is 6.83. The molecule has 1 aromatic heterocycles. The molecule has 0 amide bonds. The van der Waals surface area contributed by atoms with E-state index in [-0.39, 0.29) is 0 Å². The quantitative estimate of drug-likeness (QED) is 0.754. The Morgan fingerprint density at radius 2 is 2.25 bits per heavy atom. The minimum Gasteiger partial charge on any atom is -0.325 e. The van der Waals surface area contributed by atoms with Crippen molar-refractivity contribution < 1.29 is 0 Å². The molecular weight excluding hydrogens is 338 g/mol. The molecule has 3 nitrogen and oxygen atoms in total. The highest BCUT2D eigenvalue weighted by atomic mass is 79.9. The first-order chi connectivity index (χ1) is 9.60. The molecule has 2 aromatic rings. The second-order valence-electron chi connectivity index (χ2n) is 5.65. The van der Waals surface area contributed by atoms with Gasteiger partial charge in [0.1, 0.15) is 5.82 Å². The molecule has 0 bridgehead atoms. The Labute approximate surface area is 133 Å². The van der Waals surface area contributed by atoms with Crippen LogP contribution in [0, 0.1) is 0 Å². The normalized spacial score (nSPS) is 17.1. The van der Waals surface area contributed by atoms with Crippen LogP contribution in [-0.4, -0.2) is 33.6 Å². The van der Waals surface area contributed by atoms with E-state index in [0.717, 1.165) is 28.4 Å². The van der Waals surface area contributed by atoms with Gasteiger partial charge in [-0.05, 0) is 45.0 Å². The Kier molecular flexibility index (Phi) is 4.07. The maximum Gasteiger partial charge on any atom is 0.124 e. The minimum absolute atomic E-state index is 0.451. The molecule has 1 atom stereocenters. The summed E-state index contributed by atoms with van der Waals surface area (Å²) < 4.78 is 3.32. The van der Waals surface area contributed by atoms with E-state index in [4.69, 9.17) is 11.6 Å². The van der Waals surface area contributed by atoms with E-state index in [9.17, 15) is 0 Å². The van der Waals surface area contributed by atoms with Gasteiger partial charge in [-0.3, -0.25) is 4.90 Å². The molecule has 3 rings (SSSR count). The molecule has 5 heteroatoms. The summed E-state index contributed by atoms with van der Waals surface area (Å²) in [6.07, 6.45) is 2.67. The number of benzene rings is 1. The zero-order valence-corrected chi connectivity index (χ0v) is 14.2. The molecule has 1 heterocycles. The number of hydrogen-bond acceptors (Lipinski definition) is 2. The molecule has 1 aliphatic rings. The number of aromatic nitrogens is 2. The molecular formula is C15H19BrClN3. The highest BCUT2D eigenvalue weighted by Gasteiger charge is 2.29. The van der Waals surface area contributed by atoms with E-state index in [1.54, 1.807) is 0 Å². The van der Waals surface area contributed by atoms with Crippen LogP contribution in [0.25, 0.3) is 11.0 Å². The van der Waals surface area contributed by atoms with Crippen LogP contribution in [0.2, 0.25) is 0 Å². The van der Waals surface area contributed by atoms with Crippen LogP contribution in [0.15, 0.2) is 22.7 Å². The molecule has 0 aliphatic heterocycles. The monoisotopic (exact) mass is 355 g/mol. The molecule has 1 unspecified atom stereocenters. The Bertz CT molecular complexity index is 621. The average molecular weight is 357 g/mol. The van der Waals surface area contributed by atoms with E-state index in [1.165, 1.54) is 18.4 Å². The number of hydrogen-bond donors (Lipinski definition) is 0. The smallest absolute Gasteiger partial charge is 0.124 e. The van der Waals surface area contributed by atoms with Gasteiger partial charge in [-0.15, -0.1) is 11.6 Å². The van der Waals surface area contributed by atoms with Crippen molar-refractivity contribution >= 4 is 38.6 Å². The number of nitrogens with zero attached hydrogens (tertiary/aromatic N) is 3. The van der Waals surface area contributed by atoms with Crippen LogP contribution < -0.4 is 0 Å². The summed E-state index contributed by atoms with van der Waals surface area (Å²) in [5.74, 6) is 1.41. The largest absolute Gasteiger partial charge is 0.325 e. The summed E-state index contributed by atoms with van der Waals surface area (Å²) in [5, 5.41) is 0. The van der Waals surface area contributed by atoms with Crippen LogP contribution in [0.3, 0.4) is 0 Å². The van der Waals surface area contributed by atoms with Gasteiger partial charge >= 0.3 is 0 Å². The second kappa shape index (κ2) is 5.66. The number of halogens is 2. The molecule has 1 aromatic carbocycles. The third-order valence-electron chi connectivity index (χ3n) is 4.17. The summed E-state index contributed by atoms with van der Waals surface area (Å²) >= 11 is 9.57. The molecule has 108 valence electrons. The zero-order chi connectivity index (χ0) is 14.3. The number of likely N-dealkylation sites (N-methyl/N-ethyl adjacent to an activating group) is 1. The maximum absolute atomic E-state index is 6.07. The fourth-order valence-corrected chi connectivity index (χ4v) is 3.25. The maximum atomic E-state index is 6.07. The Morgan fingerprint density at radius 3 is 2.90 bits per heavy atom. The summed E-state index contributed by atoms with van der Waals surface area (Å²) in [6.45, 7) is 3.22. The van der Waals surface area contributed by atoms with E-state index >= 15 is 0 Å². The van der Waals surface area contributed by atoms with Gasteiger partial charge in [0, 0.05) is 23.1 Å². The van der Waals surface area contributed by atoms with Crippen LogP contribution in [0.1, 0.15) is 25.6 Å². The zero-order valence-electron chi connectivity index (χ0n) is 11.8. The molecule has 1 saturated carbocycles. The van der Waals surface area contributed by atoms with Crippen molar-refractivity contribution in [2.75, 3.05) is 7.05 Å². The van der Waals surface area contributed by atoms with Gasteiger partial charge in [-0.25, -0.2) is 4.98 Å². The van der Waals surface area contributed by atoms with Crippen LogP contribution in [-0.2, 0) is 12.4 Å². The molecule has 0 spiro atoms. The molecule has 0 radical (unpaired) electrons. The Morgan fingerprint density at radius 1 is 1.50 bits per heavy atom. The van der Waals surface area contributed by atoms with Crippen molar-refractivity contribution in [2.24, 2.45) is 0 Å². The van der Waals surface area contributed by atoms with Gasteiger partial charge in [-0.1, -0.05) is 15.9 Å². The van der Waals surface area contributed by atoms with Crippen molar-refractivity contribution in [3.8, 4) is 0 Å². The highest BCUT2D eigenvalue weighted by molar-refractivity contribution is 9.10. The number of rotatable bonds is 5. The van der Waals surface area contributed by atoms with Crippen molar-refractivity contribution in [3.63, 3.8) is 0 Å². The number of fused-ring (bicyclic) bond motifs is 1. The Balaban J connectivity index is 1.92. The van der Waals surface area contributed by atoms with E-state index in [2.05, 4.69) is 62.6 Å².